The van der Waals surface area contributed by atoms with Crippen LogP contribution in [0.2, 0.25) is 0 Å². The molecule has 100 valence electrons. The van der Waals surface area contributed by atoms with Crippen LogP contribution in [0.4, 0.5) is 0 Å². The molecule has 1 unspecified atom stereocenters. The monoisotopic (exact) mass is 249 g/mol. The highest BCUT2D eigenvalue weighted by atomic mass is 16.2. The normalized spacial score (nSPS) is 26.4. The van der Waals surface area contributed by atoms with Crippen molar-refractivity contribution in [2.24, 2.45) is 11.3 Å². The zero-order valence-electron chi connectivity index (χ0n) is 11.5. The lowest BCUT2D eigenvalue weighted by Gasteiger charge is -2.31. The van der Waals surface area contributed by atoms with Crippen molar-refractivity contribution in [1.29, 1.82) is 5.26 Å². The van der Waals surface area contributed by atoms with Gasteiger partial charge in [-0.3, -0.25) is 4.79 Å². The molecule has 0 aromatic carbocycles. The van der Waals surface area contributed by atoms with Gasteiger partial charge in [-0.2, -0.15) is 5.26 Å². The average molecular weight is 249 g/mol. The second-order valence-electron chi connectivity index (χ2n) is 5.98. The van der Waals surface area contributed by atoms with E-state index in [2.05, 4.69) is 18.0 Å². The Kier molecular flexibility index (Phi) is 3.91. The number of piperidine rings is 1. The molecule has 4 heteroatoms. The maximum Gasteiger partial charge on any atom is 0.242 e. The van der Waals surface area contributed by atoms with E-state index in [1.165, 1.54) is 19.4 Å². The van der Waals surface area contributed by atoms with E-state index in [0.29, 0.717) is 5.92 Å². The molecule has 0 radical (unpaired) electrons. The van der Waals surface area contributed by atoms with Gasteiger partial charge in [0.2, 0.25) is 5.91 Å². The summed E-state index contributed by atoms with van der Waals surface area (Å²) in [6.07, 6.45) is 5.10. The van der Waals surface area contributed by atoms with Gasteiger partial charge in [0.1, 0.15) is 5.41 Å². The Morgan fingerprint density at radius 1 is 1.56 bits per heavy atom. The third-order valence-corrected chi connectivity index (χ3v) is 4.31. The number of rotatable bonds is 4. The molecule has 1 aliphatic carbocycles. The molecule has 0 bridgehead atoms. The van der Waals surface area contributed by atoms with Crippen LogP contribution < -0.4 is 0 Å². The first-order valence-electron chi connectivity index (χ1n) is 6.93. The Hall–Kier alpha value is -1.08. The summed E-state index contributed by atoms with van der Waals surface area (Å²) in [5.74, 6) is 0.741. The molecule has 18 heavy (non-hydrogen) atoms. The van der Waals surface area contributed by atoms with Gasteiger partial charge in [0.15, 0.2) is 0 Å². The Balaban J connectivity index is 1.76. The minimum absolute atomic E-state index is 0.0363. The average Bonchev–Trinajstić information content (AvgIpc) is 3.16. The summed E-state index contributed by atoms with van der Waals surface area (Å²) in [5, 5.41) is 9.02. The largest absolute Gasteiger partial charge is 0.344 e. The number of nitriles is 1. The molecular formula is C14H23N3O. The molecule has 1 amide bonds. The third kappa shape index (κ3) is 2.84. The minimum atomic E-state index is -0.655. The van der Waals surface area contributed by atoms with Crippen molar-refractivity contribution in [1.82, 2.24) is 9.80 Å². The Morgan fingerprint density at radius 3 is 2.83 bits per heavy atom. The third-order valence-electron chi connectivity index (χ3n) is 4.31. The van der Waals surface area contributed by atoms with E-state index in [1.807, 2.05) is 7.05 Å². The highest BCUT2D eigenvalue weighted by Crippen LogP contribution is 2.46. The van der Waals surface area contributed by atoms with Gasteiger partial charge in [-0.1, -0.05) is 0 Å². The Morgan fingerprint density at radius 2 is 2.28 bits per heavy atom. The standard InChI is InChI=1S/C14H23N3O/c1-16-8-3-4-12(10-16)5-9-17(2)13(18)14(11-15)6-7-14/h12H,3-10H2,1-2H3. The molecular weight excluding hydrogens is 226 g/mol. The van der Waals surface area contributed by atoms with Gasteiger partial charge < -0.3 is 9.80 Å². The van der Waals surface area contributed by atoms with Gasteiger partial charge in [-0.15, -0.1) is 0 Å². The van der Waals surface area contributed by atoms with E-state index in [4.69, 9.17) is 5.26 Å². The lowest BCUT2D eigenvalue weighted by atomic mass is 9.95. The fraction of sp³-hybridized carbons (Fsp3) is 0.857. The SMILES string of the molecule is CN1CCCC(CCN(C)C(=O)C2(C#N)CC2)C1. The summed E-state index contributed by atoms with van der Waals surface area (Å²) < 4.78 is 0. The van der Waals surface area contributed by atoms with Crippen LogP contribution in [-0.4, -0.2) is 49.4 Å². The smallest absolute Gasteiger partial charge is 0.242 e. The summed E-state index contributed by atoms with van der Waals surface area (Å²) in [7, 11) is 4.00. The van der Waals surface area contributed by atoms with Gasteiger partial charge in [-0.05, 0) is 51.6 Å². The quantitative estimate of drug-likeness (QED) is 0.758. The van der Waals surface area contributed by atoms with Crippen molar-refractivity contribution in [3.63, 3.8) is 0 Å². The zero-order chi connectivity index (χ0) is 13.2. The van der Waals surface area contributed by atoms with Gasteiger partial charge in [0.25, 0.3) is 0 Å². The van der Waals surface area contributed by atoms with Crippen LogP contribution in [0.15, 0.2) is 0 Å². The molecule has 1 saturated carbocycles. The molecule has 2 fully saturated rings. The molecule has 2 aliphatic rings. The second-order valence-corrected chi connectivity index (χ2v) is 5.98. The fourth-order valence-corrected chi connectivity index (χ4v) is 2.85. The number of carbonyl (C=O) groups excluding carboxylic acids is 1. The molecule has 0 aromatic rings. The highest BCUT2D eigenvalue weighted by molar-refractivity contribution is 5.88. The summed E-state index contributed by atoms with van der Waals surface area (Å²) >= 11 is 0. The minimum Gasteiger partial charge on any atom is -0.344 e. The number of nitrogens with zero attached hydrogens (tertiary/aromatic N) is 3. The van der Waals surface area contributed by atoms with E-state index in [-0.39, 0.29) is 5.91 Å². The maximum absolute atomic E-state index is 12.1. The highest BCUT2D eigenvalue weighted by Gasteiger charge is 2.51. The lowest BCUT2D eigenvalue weighted by Crippen LogP contribution is -2.37. The maximum atomic E-state index is 12.1. The fourth-order valence-electron chi connectivity index (χ4n) is 2.85. The number of hydrogen-bond acceptors (Lipinski definition) is 3. The van der Waals surface area contributed by atoms with Crippen molar-refractivity contribution in [3.8, 4) is 6.07 Å². The zero-order valence-corrected chi connectivity index (χ0v) is 11.5. The van der Waals surface area contributed by atoms with E-state index in [1.54, 1.807) is 4.90 Å². The van der Waals surface area contributed by atoms with Crippen molar-refractivity contribution >= 4 is 5.91 Å². The van der Waals surface area contributed by atoms with Crippen molar-refractivity contribution in [3.05, 3.63) is 0 Å². The van der Waals surface area contributed by atoms with Crippen LogP contribution in [0.3, 0.4) is 0 Å². The molecule has 0 aromatic heterocycles. The summed E-state index contributed by atoms with van der Waals surface area (Å²) in [5.41, 5.74) is -0.655. The number of carbonyl (C=O) groups is 1. The van der Waals surface area contributed by atoms with Gasteiger partial charge in [0.05, 0.1) is 6.07 Å². The molecule has 4 nitrogen and oxygen atoms in total. The lowest BCUT2D eigenvalue weighted by molar-refractivity contribution is -0.133. The summed E-state index contributed by atoms with van der Waals surface area (Å²) in [6, 6.07) is 2.18. The van der Waals surface area contributed by atoms with Crippen LogP contribution in [0, 0.1) is 22.7 Å². The van der Waals surface area contributed by atoms with E-state index in [0.717, 1.165) is 32.4 Å². The predicted octanol–water partition coefficient (Wildman–Crippen LogP) is 1.48. The Bertz CT molecular complexity index is 357. The van der Waals surface area contributed by atoms with E-state index >= 15 is 0 Å². The molecule has 0 N–H and O–H groups in total. The van der Waals surface area contributed by atoms with E-state index < -0.39 is 5.41 Å². The van der Waals surface area contributed by atoms with Crippen molar-refractivity contribution in [2.45, 2.75) is 32.1 Å². The molecule has 1 aliphatic heterocycles. The predicted molar refractivity (Wildman–Crippen MR) is 69.8 cm³/mol. The van der Waals surface area contributed by atoms with Gasteiger partial charge >= 0.3 is 0 Å². The van der Waals surface area contributed by atoms with Crippen LogP contribution >= 0.6 is 0 Å². The number of hydrogen-bond donors (Lipinski definition) is 0. The van der Waals surface area contributed by atoms with Gasteiger partial charge in [0, 0.05) is 20.1 Å². The van der Waals surface area contributed by atoms with Crippen molar-refractivity contribution < 1.29 is 4.79 Å². The molecule has 1 saturated heterocycles. The summed E-state index contributed by atoms with van der Waals surface area (Å²) in [6.45, 7) is 3.13. The Labute approximate surface area is 110 Å². The first kappa shape index (κ1) is 13.4. The van der Waals surface area contributed by atoms with Crippen LogP contribution in [0.25, 0.3) is 0 Å². The van der Waals surface area contributed by atoms with Crippen LogP contribution in [0.5, 0.6) is 0 Å². The molecule has 1 heterocycles. The first-order chi connectivity index (χ1) is 8.57. The first-order valence-corrected chi connectivity index (χ1v) is 6.93. The topological polar surface area (TPSA) is 47.3 Å². The van der Waals surface area contributed by atoms with Crippen molar-refractivity contribution in [2.75, 3.05) is 33.7 Å². The summed E-state index contributed by atoms with van der Waals surface area (Å²) in [4.78, 5) is 16.2. The second kappa shape index (κ2) is 5.27. The number of amides is 1. The molecule has 0 spiro atoms. The van der Waals surface area contributed by atoms with Crippen LogP contribution in [-0.2, 0) is 4.79 Å². The molecule has 2 rings (SSSR count). The van der Waals surface area contributed by atoms with Gasteiger partial charge in [-0.25, -0.2) is 0 Å². The van der Waals surface area contributed by atoms with Crippen LogP contribution in [0.1, 0.15) is 32.1 Å². The number of likely N-dealkylation sites (tertiary alicyclic amines) is 1. The van der Waals surface area contributed by atoms with E-state index in [9.17, 15) is 4.79 Å². The molecule has 1 atom stereocenters.